The molecule has 4 rings (SSSR count). The Hall–Kier alpha value is -2.83. The third-order valence-corrected chi connectivity index (χ3v) is 6.14. The summed E-state index contributed by atoms with van der Waals surface area (Å²) in [5.41, 5.74) is 3.25. The van der Waals surface area contributed by atoms with Crippen LogP contribution in [-0.2, 0) is 14.3 Å². The zero-order chi connectivity index (χ0) is 21.1. The Bertz CT molecular complexity index is 879. The average Bonchev–Trinajstić information content (AvgIpc) is 3.25. The number of ether oxygens (including phenoxy) is 1. The molecule has 0 unspecified atom stereocenters. The molecule has 2 amide bonds. The molecular formula is C23H29N3O4. The number of nitrogens with one attached hydrogen (secondary N) is 2. The molecule has 0 radical (unpaired) electrons. The molecule has 1 fully saturated rings. The Morgan fingerprint density at radius 1 is 1.30 bits per heavy atom. The lowest BCUT2D eigenvalue weighted by Gasteiger charge is -2.33. The Morgan fingerprint density at radius 3 is 2.97 bits per heavy atom. The van der Waals surface area contributed by atoms with E-state index in [9.17, 15) is 14.4 Å². The molecule has 7 nitrogen and oxygen atoms in total. The first-order chi connectivity index (χ1) is 14.5. The van der Waals surface area contributed by atoms with E-state index in [0.717, 1.165) is 44.3 Å². The minimum atomic E-state index is -0.883. The highest BCUT2D eigenvalue weighted by Gasteiger charge is 2.36. The number of benzene rings is 1. The summed E-state index contributed by atoms with van der Waals surface area (Å²) in [6.07, 6.45) is 8.73. The number of anilines is 2. The van der Waals surface area contributed by atoms with Crippen molar-refractivity contribution in [3.8, 4) is 0 Å². The molecule has 2 heterocycles. The normalized spacial score (nSPS) is 21.1. The van der Waals surface area contributed by atoms with Crippen molar-refractivity contribution >= 4 is 29.2 Å². The van der Waals surface area contributed by atoms with Crippen molar-refractivity contribution < 1.29 is 19.1 Å². The van der Waals surface area contributed by atoms with Crippen LogP contribution in [0, 0.1) is 0 Å². The van der Waals surface area contributed by atoms with Crippen molar-refractivity contribution in [1.82, 2.24) is 5.32 Å². The minimum Gasteiger partial charge on any atom is -0.449 e. The Morgan fingerprint density at radius 2 is 2.17 bits per heavy atom. The number of carbonyl (C=O) groups excluding carboxylic acids is 3. The maximum atomic E-state index is 12.5. The van der Waals surface area contributed by atoms with Crippen molar-refractivity contribution in [2.24, 2.45) is 0 Å². The van der Waals surface area contributed by atoms with Crippen LogP contribution in [0.5, 0.6) is 0 Å². The van der Waals surface area contributed by atoms with Gasteiger partial charge in [-0.1, -0.05) is 11.6 Å². The van der Waals surface area contributed by atoms with Crippen LogP contribution < -0.4 is 15.5 Å². The number of hydrogen-bond acceptors (Lipinski definition) is 5. The molecule has 2 N–H and O–H groups in total. The van der Waals surface area contributed by atoms with Gasteiger partial charge in [-0.3, -0.25) is 9.59 Å². The molecule has 0 aromatic heterocycles. The molecule has 30 heavy (non-hydrogen) atoms. The van der Waals surface area contributed by atoms with Crippen LogP contribution in [0.4, 0.5) is 11.4 Å². The third-order valence-electron chi connectivity index (χ3n) is 6.14. The highest BCUT2D eigenvalue weighted by Crippen LogP contribution is 2.37. The Balaban J connectivity index is 1.32. The molecule has 1 aliphatic carbocycles. The molecule has 3 aliphatic rings. The molecule has 2 aliphatic heterocycles. The SMILES string of the molecule is C[C@H](OC(=O)c1ccc2c(c1)NC(=O)[C@@H]1CCCN21)C(=O)NCCC1=CCCCC1. The van der Waals surface area contributed by atoms with Gasteiger partial charge >= 0.3 is 5.97 Å². The maximum Gasteiger partial charge on any atom is 0.338 e. The predicted molar refractivity (Wildman–Crippen MR) is 114 cm³/mol. The molecule has 0 bridgehead atoms. The average molecular weight is 412 g/mol. The molecule has 0 spiro atoms. The summed E-state index contributed by atoms with van der Waals surface area (Å²) in [5.74, 6) is -0.912. The van der Waals surface area contributed by atoms with E-state index in [4.69, 9.17) is 4.74 Å². The van der Waals surface area contributed by atoms with Crippen molar-refractivity contribution in [2.75, 3.05) is 23.3 Å². The number of carbonyl (C=O) groups is 3. The van der Waals surface area contributed by atoms with Gasteiger partial charge in [0, 0.05) is 13.1 Å². The number of fused-ring (bicyclic) bond motifs is 3. The summed E-state index contributed by atoms with van der Waals surface area (Å²) in [6, 6.07) is 5.04. The Labute approximate surface area is 176 Å². The van der Waals surface area contributed by atoms with Gasteiger partial charge in [0.1, 0.15) is 6.04 Å². The fraction of sp³-hybridized carbons (Fsp3) is 0.522. The second kappa shape index (κ2) is 8.90. The monoisotopic (exact) mass is 411 g/mol. The van der Waals surface area contributed by atoms with Crippen LogP contribution in [0.15, 0.2) is 29.8 Å². The number of nitrogens with zero attached hydrogens (tertiary/aromatic N) is 1. The minimum absolute atomic E-state index is 0.0358. The number of hydrogen-bond donors (Lipinski definition) is 2. The molecule has 1 saturated heterocycles. The first-order valence-corrected chi connectivity index (χ1v) is 10.9. The molecule has 0 saturated carbocycles. The van der Waals surface area contributed by atoms with Gasteiger partial charge in [-0.05, 0) is 70.1 Å². The molecule has 160 valence electrons. The topological polar surface area (TPSA) is 87.7 Å². The zero-order valence-corrected chi connectivity index (χ0v) is 17.4. The highest BCUT2D eigenvalue weighted by molar-refractivity contribution is 6.05. The van der Waals surface area contributed by atoms with Gasteiger partial charge in [0.05, 0.1) is 16.9 Å². The lowest BCUT2D eigenvalue weighted by atomic mass is 9.97. The van der Waals surface area contributed by atoms with Crippen LogP contribution in [0.25, 0.3) is 0 Å². The van der Waals surface area contributed by atoms with Crippen molar-refractivity contribution in [1.29, 1.82) is 0 Å². The predicted octanol–water partition coefficient (Wildman–Crippen LogP) is 3.16. The van der Waals surface area contributed by atoms with E-state index in [1.54, 1.807) is 19.1 Å². The van der Waals surface area contributed by atoms with E-state index in [0.29, 0.717) is 17.8 Å². The molecule has 2 atom stereocenters. The number of esters is 1. The van der Waals surface area contributed by atoms with Gasteiger partial charge in [0.15, 0.2) is 6.10 Å². The maximum absolute atomic E-state index is 12.5. The molecule has 1 aromatic rings. The largest absolute Gasteiger partial charge is 0.449 e. The second-order valence-corrected chi connectivity index (χ2v) is 8.27. The van der Waals surface area contributed by atoms with Crippen LogP contribution in [0.3, 0.4) is 0 Å². The fourth-order valence-corrected chi connectivity index (χ4v) is 4.46. The first kappa shape index (κ1) is 20.4. The van der Waals surface area contributed by atoms with E-state index in [1.165, 1.54) is 18.4 Å². The summed E-state index contributed by atoms with van der Waals surface area (Å²) >= 11 is 0. The quantitative estimate of drug-likeness (QED) is 0.555. The molecular weight excluding hydrogens is 382 g/mol. The van der Waals surface area contributed by atoms with Crippen molar-refractivity contribution in [3.05, 3.63) is 35.4 Å². The third kappa shape index (κ3) is 4.35. The highest BCUT2D eigenvalue weighted by atomic mass is 16.5. The standard InChI is InChI=1S/C23H29N3O4/c1-15(21(27)24-12-11-16-6-3-2-4-7-16)30-23(29)17-9-10-19-18(14-17)25-22(28)20-8-5-13-26(19)20/h6,9-10,14-15,20H,2-5,7-8,11-13H2,1H3,(H,24,27)(H,25,28)/t15-,20-/m0/s1. The lowest BCUT2D eigenvalue weighted by Crippen LogP contribution is -2.44. The smallest absolute Gasteiger partial charge is 0.338 e. The van der Waals surface area contributed by atoms with Gasteiger partial charge in [0.25, 0.3) is 5.91 Å². The molecule has 7 heteroatoms. The summed E-state index contributed by atoms with van der Waals surface area (Å²) in [5, 5.41) is 5.74. The zero-order valence-electron chi connectivity index (χ0n) is 17.4. The molecule has 1 aromatic carbocycles. The van der Waals surface area contributed by atoms with Gasteiger partial charge in [-0.15, -0.1) is 0 Å². The summed E-state index contributed by atoms with van der Waals surface area (Å²) in [6.45, 7) is 2.96. The second-order valence-electron chi connectivity index (χ2n) is 8.27. The van der Waals surface area contributed by atoms with E-state index in [2.05, 4.69) is 21.6 Å². The van der Waals surface area contributed by atoms with E-state index in [-0.39, 0.29) is 17.9 Å². The van der Waals surface area contributed by atoms with Gasteiger partial charge in [0.2, 0.25) is 5.91 Å². The Kier molecular flexibility index (Phi) is 6.06. The number of amides is 2. The van der Waals surface area contributed by atoms with E-state index < -0.39 is 12.1 Å². The summed E-state index contributed by atoms with van der Waals surface area (Å²) < 4.78 is 5.35. The fourth-order valence-electron chi connectivity index (χ4n) is 4.46. The van der Waals surface area contributed by atoms with E-state index >= 15 is 0 Å². The lowest BCUT2D eigenvalue weighted by molar-refractivity contribution is -0.129. The van der Waals surface area contributed by atoms with Crippen LogP contribution in [0.2, 0.25) is 0 Å². The summed E-state index contributed by atoms with van der Waals surface area (Å²) in [7, 11) is 0. The van der Waals surface area contributed by atoms with Crippen LogP contribution >= 0.6 is 0 Å². The van der Waals surface area contributed by atoms with Gasteiger partial charge < -0.3 is 20.3 Å². The van der Waals surface area contributed by atoms with E-state index in [1.807, 2.05) is 6.07 Å². The summed E-state index contributed by atoms with van der Waals surface area (Å²) in [4.78, 5) is 39.2. The number of rotatable bonds is 6. The number of allylic oxidation sites excluding steroid dienone is 1. The van der Waals surface area contributed by atoms with Crippen molar-refractivity contribution in [2.45, 2.75) is 64.0 Å². The van der Waals surface area contributed by atoms with Crippen LogP contribution in [0.1, 0.15) is 62.2 Å². The first-order valence-electron chi connectivity index (χ1n) is 10.9. The van der Waals surface area contributed by atoms with Gasteiger partial charge in [-0.25, -0.2) is 4.79 Å². The van der Waals surface area contributed by atoms with Gasteiger partial charge in [-0.2, -0.15) is 0 Å². The van der Waals surface area contributed by atoms with Crippen molar-refractivity contribution in [3.63, 3.8) is 0 Å². The van der Waals surface area contributed by atoms with Crippen LogP contribution in [-0.4, -0.2) is 43.0 Å².